The molecular formula is C21H25N3O3S. The summed E-state index contributed by atoms with van der Waals surface area (Å²) in [5, 5.41) is 2.99. The number of nitrogens with one attached hydrogen (secondary N) is 2. The van der Waals surface area contributed by atoms with Crippen LogP contribution in [-0.2, 0) is 6.54 Å². The van der Waals surface area contributed by atoms with Crippen LogP contribution in [0.1, 0.15) is 33.8 Å². The second-order valence-electron chi connectivity index (χ2n) is 7.12. The quantitative estimate of drug-likeness (QED) is 0.645. The van der Waals surface area contributed by atoms with E-state index in [2.05, 4.69) is 28.2 Å². The predicted molar refractivity (Wildman–Crippen MR) is 113 cm³/mol. The van der Waals surface area contributed by atoms with Crippen molar-refractivity contribution >= 4 is 33.1 Å². The fraction of sp³-hybridized carbons (Fsp3) is 0.381. The van der Waals surface area contributed by atoms with Crippen LogP contribution in [0.2, 0.25) is 0 Å². The molecule has 3 aromatic rings. The van der Waals surface area contributed by atoms with E-state index in [1.165, 1.54) is 22.4 Å². The third-order valence-electron chi connectivity index (χ3n) is 5.11. The molecule has 148 valence electrons. The fourth-order valence-corrected chi connectivity index (χ4v) is 4.75. The molecule has 1 saturated heterocycles. The molecule has 3 heterocycles. The Labute approximate surface area is 168 Å². The van der Waals surface area contributed by atoms with E-state index in [0.29, 0.717) is 22.9 Å². The SMILES string of the molecule is COc1cc(NC(=O)c2[nH]c3cc(C)sc3c2CN2CCCC2)cc(OC)c1. The molecule has 0 saturated carbocycles. The molecule has 1 aliphatic rings. The number of benzene rings is 1. The van der Waals surface area contributed by atoms with Gasteiger partial charge in [0.05, 0.1) is 24.4 Å². The van der Waals surface area contributed by atoms with Gasteiger partial charge < -0.3 is 19.8 Å². The highest BCUT2D eigenvalue weighted by atomic mass is 32.1. The fourth-order valence-electron chi connectivity index (χ4n) is 3.74. The second kappa shape index (κ2) is 7.85. The van der Waals surface area contributed by atoms with Crippen LogP contribution < -0.4 is 14.8 Å². The van der Waals surface area contributed by atoms with Crippen molar-refractivity contribution in [3.8, 4) is 11.5 Å². The van der Waals surface area contributed by atoms with Crippen molar-refractivity contribution < 1.29 is 14.3 Å². The first kappa shape index (κ1) is 18.8. The normalized spacial score (nSPS) is 14.5. The smallest absolute Gasteiger partial charge is 0.272 e. The Morgan fingerprint density at radius 1 is 1.14 bits per heavy atom. The maximum Gasteiger partial charge on any atom is 0.272 e. The number of aromatic nitrogens is 1. The van der Waals surface area contributed by atoms with Crippen molar-refractivity contribution in [3.05, 3.63) is 40.4 Å². The number of H-pyrrole nitrogens is 1. The number of amides is 1. The van der Waals surface area contributed by atoms with Gasteiger partial charge in [-0.25, -0.2) is 0 Å². The summed E-state index contributed by atoms with van der Waals surface area (Å²) in [6.07, 6.45) is 2.45. The van der Waals surface area contributed by atoms with Crippen molar-refractivity contribution in [1.82, 2.24) is 9.88 Å². The molecular weight excluding hydrogens is 374 g/mol. The monoisotopic (exact) mass is 399 g/mol. The van der Waals surface area contributed by atoms with Gasteiger partial charge in [0.2, 0.25) is 0 Å². The van der Waals surface area contributed by atoms with Crippen LogP contribution in [0, 0.1) is 6.92 Å². The minimum atomic E-state index is -0.148. The largest absolute Gasteiger partial charge is 0.497 e. The number of ether oxygens (including phenoxy) is 2. The molecule has 0 spiro atoms. The lowest BCUT2D eigenvalue weighted by Crippen LogP contribution is -2.21. The molecule has 1 amide bonds. The van der Waals surface area contributed by atoms with Gasteiger partial charge in [-0.15, -0.1) is 11.3 Å². The average Bonchev–Trinajstić information content (AvgIpc) is 3.39. The average molecular weight is 400 g/mol. The molecule has 1 aliphatic heterocycles. The number of hydrogen-bond acceptors (Lipinski definition) is 5. The Hall–Kier alpha value is -2.51. The molecule has 6 nitrogen and oxygen atoms in total. The van der Waals surface area contributed by atoms with Crippen LogP contribution >= 0.6 is 11.3 Å². The first-order chi connectivity index (χ1) is 13.6. The number of carbonyl (C=O) groups excluding carboxylic acids is 1. The summed E-state index contributed by atoms with van der Waals surface area (Å²) in [7, 11) is 3.19. The first-order valence-corrected chi connectivity index (χ1v) is 10.3. The van der Waals surface area contributed by atoms with E-state index in [1.54, 1.807) is 43.8 Å². The predicted octanol–water partition coefficient (Wildman–Crippen LogP) is 4.40. The van der Waals surface area contributed by atoms with E-state index >= 15 is 0 Å². The zero-order valence-electron chi connectivity index (χ0n) is 16.4. The van der Waals surface area contributed by atoms with Gasteiger partial charge in [0.1, 0.15) is 17.2 Å². The number of nitrogens with zero attached hydrogens (tertiary/aromatic N) is 1. The molecule has 2 N–H and O–H groups in total. The summed E-state index contributed by atoms with van der Waals surface area (Å²) in [5.41, 5.74) is 3.39. The number of likely N-dealkylation sites (tertiary alicyclic amines) is 1. The highest BCUT2D eigenvalue weighted by molar-refractivity contribution is 7.19. The lowest BCUT2D eigenvalue weighted by Gasteiger charge is -2.15. The summed E-state index contributed by atoms with van der Waals surface area (Å²) < 4.78 is 11.8. The van der Waals surface area contributed by atoms with Gasteiger partial charge in [0.15, 0.2) is 0 Å². The highest BCUT2D eigenvalue weighted by Gasteiger charge is 2.23. The van der Waals surface area contributed by atoms with Crippen molar-refractivity contribution in [2.45, 2.75) is 26.3 Å². The summed E-state index contributed by atoms with van der Waals surface area (Å²) in [5.74, 6) is 1.12. The van der Waals surface area contributed by atoms with Gasteiger partial charge in [0.25, 0.3) is 5.91 Å². The Morgan fingerprint density at radius 3 is 2.46 bits per heavy atom. The maximum atomic E-state index is 13.1. The van der Waals surface area contributed by atoms with Crippen molar-refractivity contribution in [1.29, 1.82) is 0 Å². The molecule has 1 aromatic carbocycles. The first-order valence-electron chi connectivity index (χ1n) is 9.45. The topological polar surface area (TPSA) is 66.6 Å². The number of carbonyl (C=O) groups is 1. The van der Waals surface area contributed by atoms with Crippen LogP contribution in [0.4, 0.5) is 5.69 Å². The lowest BCUT2D eigenvalue weighted by atomic mass is 10.2. The van der Waals surface area contributed by atoms with Crippen LogP contribution in [0.3, 0.4) is 0 Å². The van der Waals surface area contributed by atoms with Crippen LogP contribution in [0.15, 0.2) is 24.3 Å². The molecule has 0 radical (unpaired) electrons. The number of aromatic amines is 1. The molecule has 0 atom stereocenters. The highest BCUT2D eigenvalue weighted by Crippen LogP contribution is 2.33. The molecule has 1 fully saturated rings. The lowest BCUT2D eigenvalue weighted by molar-refractivity contribution is 0.102. The van der Waals surface area contributed by atoms with Crippen molar-refractivity contribution in [2.75, 3.05) is 32.6 Å². The summed E-state index contributed by atoms with van der Waals surface area (Å²) >= 11 is 1.74. The number of fused-ring (bicyclic) bond motifs is 1. The van der Waals surface area contributed by atoms with Gasteiger partial charge in [-0.1, -0.05) is 0 Å². The molecule has 4 rings (SSSR count). The van der Waals surface area contributed by atoms with E-state index in [-0.39, 0.29) is 5.91 Å². The summed E-state index contributed by atoms with van der Waals surface area (Å²) in [4.78, 5) is 20.1. The summed E-state index contributed by atoms with van der Waals surface area (Å²) in [6.45, 7) is 5.07. The van der Waals surface area contributed by atoms with E-state index < -0.39 is 0 Å². The molecule has 28 heavy (non-hydrogen) atoms. The molecule has 2 aromatic heterocycles. The van der Waals surface area contributed by atoms with Crippen LogP contribution in [-0.4, -0.2) is 43.1 Å². The third-order valence-corrected chi connectivity index (χ3v) is 6.22. The Morgan fingerprint density at radius 2 is 1.82 bits per heavy atom. The molecule has 0 bridgehead atoms. The Balaban J connectivity index is 1.66. The van der Waals surface area contributed by atoms with Crippen molar-refractivity contribution in [2.24, 2.45) is 0 Å². The van der Waals surface area contributed by atoms with E-state index in [0.717, 1.165) is 30.7 Å². The third kappa shape index (κ3) is 3.72. The van der Waals surface area contributed by atoms with Gasteiger partial charge >= 0.3 is 0 Å². The van der Waals surface area contributed by atoms with Gasteiger partial charge in [-0.2, -0.15) is 0 Å². The number of aryl methyl sites for hydroxylation is 1. The van der Waals surface area contributed by atoms with E-state index in [1.807, 2.05) is 0 Å². The zero-order valence-corrected chi connectivity index (χ0v) is 17.2. The van der Waals surface area contributed by atoms with Crippen molar-refractivity contribution in [3.63, 3.8) is 0 Å². The van der Waals surface area contributed by atoms with Crippen LogP contribution in [0.25, 0.3) is 10.2 Å². The Bertz CT molecular complexity index is 980. The number of hydrogen-bond donors (Lipinski definition) is 2. The van der Waals surface area contributed by atoms with Gasteiger partial charge in [0, 0.05) is 40.9 Å². The number of rotatable bonds is 6. The number of anilines is 1. The molecule has 0 unspecified atom stereocenters. The minimum absolute atomic E-state index is 0.148. The molecule has 7 heteroatoms. The summed E-state index contributed by atoms with van der Waals surface area (Å²) in [6, 6.07) is 7.46. The van der Waals surface area contributed by atoms with Crippen LogP contribution in [0.5, 0.6) is 11.5 Å². The number of thiophene rings is 1. The van der Waals surface area contributed by atoms with Gasteiger partial charge in [-0.3, -0.25) is 9.69 Å². The zero-order chi connectivity index (χ0) is 19.7. The van der Waals surface area contributed by atoms with E-state index in [4.69, 9.17) is 9.47 Å². The standard InChI is InChI=1S/C21H25N3O3S/c1-13-8-18-20(28-13)17(12-24-6-4-5-7-24)19(23-18)21(25)22-14-9-15(26-2)11-16(10-14)27-3/h8-11,23H,4-7,12H2,1-3H3,(H,22,25). The number of methoxy groups -OCH3 is 2. The maximum absolute atomic E-state index is 13.1. The molecule has 0 aliphatic carbocycles. The Kier molecular flexibility index (Phi) is 5.28. The van der Waals surface area contributed by atoms with E-state index in [9.17, 15) is 4.79 Å². The minimum Gasteiger partial charge on any atom is -0.497 e. The second-order valence-corrected chi connectivity index (χ2v) is 8.37. The van der Waals surface area contributed by atoms with Gasteiger partial charge in [-0.05, 0) is 38.9 Å².